The van der Waals surface area contributed by atoms with Gasteiger partial charge in [-0.2, -0.15) is 0 Å². The highest BCUT2D eigenvalue weighted by molar-refractivity contribution is 5.67. The number of benzene rings is 1. The van der Waals surface area contributed by atoms with E-state index in [1.54, 1.807) is 0 Å². The summed E-state index contributed by atoms with van der Waals surface area (Å²) in [5.41, 5.74) is 2.83. The predicted molar refractivity (Wildman–Crippen MR) is 86.6 cm³/mol. The topological polar surface area (TPSA) is 45.8 Å². The van der Waals surface area contributed by atoms with E-state index in [1.807, 2.05) is 37.3 Å². The van der Waals surface area contributed by atoms with Gasteiger partial charge in [-0.15, -0.1) is 0 Å². The second-order valence-corrected chi connectivity index (χ2v) is 5.63. The fourth-order valence-electron chi connectivity index (χ4n) is 2.71. The highest BCUT2D eigenvalue weighted by atomic mass is 16.5. The molecule has 2 heterocycles. The van der Waals surface area contributed by atoms with E-state index in [2.05, 4.69) is 11.5 Å². The van der Waals surface area contributed by atoms with Gasteiger partial charge in [-0.1, -0.05) is 18.7 Å². The molecule has 0 bridgehead atoms. The number of hydrogen-bond donors (Lipinski definition) is 1. The third kappa shape index (κ3) is 3.24. The van der Waals surface area contributed by atoms with Crippen molar-refractivity contribution in [3.8, 4) is 11.3 Å². The molecule has 0 amide bonds. The molecular weight excluding hydrogens is 278 g/mol. The maximum atomic E-state index is 9.46. The summed E-state index contributed by atoms with van der Waals surface area (Å²) in [7, 11) is 0. The molecule has 0 radical (unpaired) electrons. The lowest BCUT2D eigenvalue weighted by Gasteiger charge is -2.25. The molecule has 4 heteroatoms. The quantitative estimate of drug-likeness (QED) is 0.876. The molecule has 1 saturated heterocycles. The molecule has 116 valence electrons. The van der Waals surface area contributed by atoms with Crippen LogP contribution in [-0.2, 0) is 11.3 Å². The van der Waals surface area contributed by atoms with Crippen LogP contribution in [0.15, 0.2) is 41.3 Å². The molecule has 2 aromatic rings. The Hall–Kier alpha value is -2.04. The van der Waals surface area contributed by atoms with E-state index < -0.39 is 0 Å². The lowest BCUT2D eigenvalue weighted by molar-refractivity contribution is 0.0314. The van der Waals surface area contributed by atoms with Gasteiger partial charge in [0.25, 0.3) is 0 Å². The number of aliphatic hydroxyl groups is 1. The molecule has 0 aliphatic carbocycles. The summed E-state index contributed by atoms with van der Waals surface area (Å²) in [6, 6.07) is 9.77. The number of morpholine rings is 1. The van der Waals surface area contributed by atoms with Crippen LogP contribution in [0.4, 0.5) is 0 Å². The molecule has 1 aliphatic heterocycles. The van der Waals surface area contributed by atoms with Gasteiger partial charge in [-0.25, -0.2) is 0 Å². The van der Waals surface area contributed by atoms with Crippen LogP contribution in [0.2, 0.25) is 0 Å². The van der Waals surface area contributed by atoms with Crippen molar-refractivity contribution in [1.82, 2.24) is 4.90 Å². The molecule has 0 atom stereocenters. The van der Waals surface area contributed by atoms with Crippen LogP contribution in [0.3, 0.4) is 0 Å². The van der Waals surface area contributed by atoms with Gasteiger partial charge in [0, 0.05) is 24.2 Å². The minimum Gasteiger partial charge on any atom is -0.508 e. The standard InChI is InChI=1S/C18H21NO3/c1-13-11-15(14(2)20)3-5-17(13)18-6-4-16(22-18)12-19-7-9-21-10-8-19/h3-6,11,20H,2,7-10,12H2,1H3. The number of rotatable bonds is 4. The number of hydrogen-bond acceptors (Lipinski definition) is 4. The van der Waals surface area contributed by atoms with Crippen molar-refractivity contribution in [2.75, 3.05) is 26.3 Å². The van der Waals surface area contributed by atoms with E-state index in [1.165, 1.54) is 0 Å². The van der Waals surface area contributed by atoms with Gasteiger partial charge < -0.3 is 14.3 Å². The first-order chi connectivity index (χ1) is 10.6. The van der Waals surface area contributed by atoms with Crippen molar-refractivity contribution in [3.05, 3.63) is 53.8 Å². The molecule has 0 unspecified atom stereocenters. The van der Waals surface area contributed by atoms with Gasteiger partial charge in [0.15, 0.2) is 0 Å². The Balaban J connectivity index is 1.77. The summed E-state index contributed by atoms with van der Waals surface area (Å²) in [6.45, 7) is 9.85. The van der Waals surface area contributed by atoms with E-state index in [0.717, 1.165) is 61.1 Å². The number of furan rings is 1. The van der Waals surface area contributed by atoms with E-state index in [0.29, 0.717) is 0 Å². The van der Waals surface area contributed by atoms with Crippen molar-refractivity contribution in [1.29, 1.82) is 0 Å². The van der Waals surface area contributed by atoms with Crippen LogP contribution in [0.5, 0.6) is 0 Å². The summed E-state index contributed by atoms with van der Waals surface area (Å²) < 4.78 is 11.3. The van der Waals surface area contributed by atoms with Crippen molar-refractivity contribution in [2.45, 2.75) is 13.5 Å². The molecule has 3 rings (SSSR count). The minimum atomic E-state index is 0.0853. The van der Waals surface area contributed by atoms with Crippen LogP contribution < -0.4 is 0 Å². The highest BCUT2D eigenvalue weighted by Gasteiger charge is 2.14. The smallest absolute Gasteiger partial charge is 0.134 e. The first-order valence-corrected chi connectivity index (χ1v) is 7.51. The van der Waals surface area contributed by atoms with Gasteiger partial charge in [-0.05, 0) is 30.7 Å². The number of aryl methyl sites for hydroxylation is 1. The van der Waals surface area contributed by atoms with Crippen molar-refractivity contribution >= 4 is 5.76 Å². The van der Waals surface area contributed by atoms with Gasteiger partial charge in [0.1, 0.15) is 17.3 Å². The largest absolute Gasteiger partial charge is 0.508 e. The van der Waals surface area contributed by atoms with Crippen LogP contribution >= 0.6 is 0 Å². The van der Waals surface area contributed by atoms with Gasteiger partial charge in [-0.3, -0.25) is 4.90 Å². The Bertz CT molecular complexity index is 669. The van der Waals surface area contributed by atoms with E-state index >= 15 is 0 Å². The molecule has 0 saturated carbocycles. The summed E-state index contributed by atoms with van der Waals surface area (Å²) in [6.07, 6.45) is 0. The molecule has 1 aliphatic rings. The van der Waals surface area contributed by atoms with Crippen molar-refractivity contribution < 1.29 is 14.3 Å². The summed E-state index contributed by atoms with van der Waals surface area (Å²) in [4.78, 5) is 2.33. The average Bonchev–Trinajstić information content (AvgIpc) is 2.96. The fraction of sp³-hybridized carbons (Fsp3) is 0.333. The van der Waals surface area contributed by atoms with Crippen LogP contribution in [-0.4, -0.2) is 36.3 Å². The first kappa shape index (κ1) is 14.9. The Kier molecular flexibility index (Phi) is 4.32. The molecule has 22 heavy (non-hydrogen) atoms. The van der Waals surface area contributed by atoms with Gasteiger partial charge in [0.2, 0.25) is 0 Å². The molecule has 1 aromatic heterocycles. The highest BCUT2D eigenvalue weighted by Crippen LogP contribution is 2.28. The third-order valence-corrected chi connectivity index (χ3v) is 3.97. The van der Waals surface area contributed by atoms with Crippen LogP contribution in [0, 0.1) is 6.92 Å². The SMILES string of the molecule is C=C(O)c1ccc(-c2ccc(CN3CCOCC3)o2)c(C)c1. The zero-order chi connectivity index (χ0) is 15.5. The second kappa shape index (κ2) is 6.38. The Morgan fingerprint density at radius 1 is 1.23 bits per heavy atom. The fourth-order valence-corrected chi connectivity index (χ4v) is 2.71. The zero-order valence-corrected chi connectivity index (χ0v) is 12.8. The number of aliphatic hydroxyl groups excluding tert-OH is 1. The molecule has 0 spiro atoms. The van der Waals surface area contributed by atoms with E-state index in [-0.39, 0.29) is 5.76 Å². The van der Waals surface area contributed by atoms with Crippen molar-refractivity contribution in [3.63, 3.8) is 0 Å². The predicted octanol–water partition coefficient (Wildman–Crippen LogP) is 3.62. The monoisotopic (exact) mass is 299 g/mol. The minimum absolute atomic E-state index is 0.0853. The van der Waals surface area contributed by atoms with E-state index in [9.17, 15) is 5.11 Å². The van der Waals surface area contributed by atoms with Crippen LogP contribution in [0.25, 0.3) is 17.1 Å². The van der Waals surface area contributed by atoms with Gasteiger partial charge >= 0.3 is 0 Å². The lowest BCUT2D eigenvalue weighted by atomic mass is 10.0. The molecule has 1 aromatic carbocycles. The summed E-state index contributed by atoms with van der Waals surface area (Å²) in [5, 5.41) is 9.46. The molecule has 1 N–H and O–H groups in total. The molecule has 1 fully saturated rings. The van der Waals surface area contributed by atoms with Crippen LogP contribution in [0.1, 0.15) is 16.9 Å². The Morgan fingerprint density at radius 3 is 2.68 bits per heavy atom. The summed E-state index contributed by atoms with van der Waals surface area (Å²) in [5.74, 6) is 1.91. The molecule has 4 nitrogen and oxygen atoms in total. The normalized spacial score (nSPS) is 15.9. The maximum Gasteiger partial charge on any atom is 0.134 e. The molecular formula is C18H21NO3. The third-order valence-electron chi connectivity index (χ3n) is 3.97. The first-order valence-electron chi connectivity index (χ1n) is 7.51. The lowest BCUT2D eigenvalue weighted by Crippen LogP contribution is -2.35. The summed E-state index contributed by atoms with van der Waals surface area (Å²) >= 11 is 0. The number of nitrogens with zero attached hydrogens (tertiary/aromatic N) is 1. The van der Waals surface area contributed by atoms with Gasteiger partial charge in [0.05, 0.1) is 19.8 Å². The Morgan fingerprint density at radius 2 is 2.00 bits per heavy atom. The van der Waals surface area contributed by atoms with Crippen molar-refractivity contribution in [2.24, 2.45) is 0 Å². The van der Waals surface area contributed by atoms with E-state index in [4.69, 9.17) is 9.15 Å². The Labute approximate surface area is 130 Å². The maximum absolute atomic E-state index is 9.46. The average molecular weight is 299 g/mol. The number of ether oxygens (including phenoxy) is 1. The zero-order valence-electron chi connectivity index (χ0n) is 12.8. The second-order valence-electron chi connectivity index (χ2n) is 5.63.